The number of nitriles is 1. The molecular weight excluding hydrogens is 252 g/mol. The molecule has 18 heavy (non-hydrogen) atoms. The first-order valence-corrected chi connectivity index (χ1v) is 5.54. The summed E-state index contributed by atoms with van der Waals surface area (Å²) in [7, 11) is 0. The predicted octanol–water partition coefficient (Wildman–Crippen LogP) is 3.01. The third kappa shape index (κ3) is 1.85. The van der Waals surface area contributed by atoms with Gasteiger partial charge in [0.05, 0.1) is 11.3 Å². The van der Waals surface area contributed by atoms with E-state index < -0.39 is 5.97 Å². The van der Waals surface area contributed by atoms with Gasteiger partial charge in [0.15, 0.2) is 0 Å². The van der Waals surface area contributed by atoms with Crippen LogP contribution in [0.2, 0.25) is 5.02 Å². The topological polar surface area (TPSA) is 66.0 Å². The third-order valence-corrected chi connectivity index (χ3v) is 3.12. The van der Waals surface area contributed by atoms with E-state index in [2.05, 4.69) is 0 Å². The van der Waals surface area contributed by atoms with Gasteiger partial charge in [-0.3, -0.25) is 0 Å². The molecule has 1 N–H and O–H groups in total. The molecule has 1 aromatic heterocycles. The van der Waals surface area contributed by atoms with Crippen molar-refractivity contribution in [2.75, 3.05) is 0 Å². The zero-order chi connectivity index (χ0) is 13.3. The number of aromatic carboxylic acids is 1. The van der Waals surface area contributed by atoms with Crippen LogP contribution < -0.4 is 0 Å². The van der Waals surface area contributed by atoms with Gasteiger partial charge in [-0.05, 0) is 30.7 Å². The minimum absolute atomic E-state index is 0.0529. The number of nitrogens with zero attached hydrogens (tertiary/aromatic N) is 2. The number of hydrogen-bond acceptors (Lipinski definition) is 2. The fourth-order valence-electron chi connectivity index (χ4n) is 1.80. The van der Waals surface area contributed by atoms with E-state index in [1.807, 2.05) is 6.07 Å². The summed E-state index contributed by atoms with van der Waals surface area (Å²) in [6.45, 7) is 1.80. The Hall–Kier alpha value is -2.25. The van der Waals surface area contributed by atoms with Crippen molar-refractivity contribution < 1.29 is 9.90 Å². The summed E-state index contributed by atoms with van der Waals surface area (Å²) in [5.41, 5.74) is 1.49. The normalized spacial score (nSPS) is 10.1. The quantitative estimate of drug-likeness (QED) is 0.903. The average molecular weight is 261 g/mol. The van der Waals surface area contributed by atoms with E-state index in [1.54, 1.807) is 31.3 Å². The first kappa shape index (κ1) is 12.2. The summed E-state index contributed by atoms with van der Waals surface area (Å²) in [4.78, 5) is 11.2. The molecule has 0 fully saturated rings. The highest BCUT2D eigenvalue weighted by atomic mass is 35.5. The Bertz CT molecular complexity index is 668. The lowest BCUT2D eigenvalue weighted by Crippen LogP contribution is -2.08. The standard InChI is InChI=1S/C13H9ClN2O2/c1-8-10(14)3-2-4-11(8)16-6-5-9(7-15)12(16)13(17)18/h2-6H,1H3,(H,17,18). The summed E-state index contributed by atoms with van der Waals surface area (Å²) >= 11 is 6.01. The molecule has 0 spiro atoms. The number of carboxylic acids is 1. The molecule has 0 unspecified atom stereocenters. The molecule has 0 aliphatic rings. The highest BCUT2D eigenvalue weighted by Gasteiger charge is 2.18. The molecule has 0 saturated carbocycles. The van der Waals surface area contributed by atoms with Crippen LogP contribution in [-0.4, -0.2) is 15.6 Å². The van der Waals surface area contributed by atoms with Crippen molar-refractivity contribution in [2.45, 2.75) is 6.92 Å². The maximum absolute atomic E-state index is 11.2. The molecule has 0 atom stereocenters. The molecule has 2 aromatic rings. The first-order chi connectivity index (χ1) is 8.56. The Labute approximate surface area is 109 Å². The maximum Gasteiger partial charge on any atom is 0.354 e. The number of halogens is 1. The molecule has 2 rings (SSSR count). The lowest BCUT2D eigenvalue weighted by molar-refractivity contribution is 0.0688. The molecule has 0 bridgehead atoms. The van der Waals surface area contributed by atoms with E-state index in [1.165, 1.54) is 10.6 Å². The van der Waals surface area contributed by atoms with Gasteiger partial charge in [-0.25, -0.2) is 4.79 Å². The lowest BCUT2D eigenvalue weighted by atomic mass is 10.2. The highest BCUT2D eigenvalue weighted by Crippen LogP contribution is 2.25. The van der Waals surface area contributed by atoms with Crippen LogP contribution in [0.4, 0.5) is 0 Å². The summed E-state index contributed by atoms with van der Waals surface area (Å²) in [6.07, 6.45) is 1.56. The number of aromatic nitrogens is 1. The Balaban J connectivity index is 2.73. The van der Waals surface area contributed by atoms with Gasteiger partial charge in [-0.15, -0.1) is 0 Å². The van der Waals surface area contributed by atoms with Crippen molar-refractivity contribution >= 4 is 17.6 Å². The van der Waals surface area contributed by atoms with Gasteiger partial charge in [-0.2, -0.15) is 5.26 Å². The van der Waals surface area contributed by atoms with Crippen LogP contribution in [0.3, 0.4) is 0 Å². The SMILES string of the molecule is Cc1c(Cl)cccc1-n1ccc(C#N)c1C(=O)O. The Morgan fingerprint density at radius 2 is 2.17 bits per heavy atom. The number of carboxylic acid groups (broad SMARTS) is 1. The smallest absolute Gasteiger partial charge is 0.354 e. The van der Waals surface area contributed by atoms with Crippen molar-refractivity contribution in [3.8, 4) is 11.8 Å². The molecule has 0 aliphatic carbocycles. The molecule has 0 aliphatic heterocycles. The summed E-state index contributed by atoms with van der Waals surface area (Å²) < 4.78 is 1.46. The maximum atomic E-state index is 11.2. The van der Waals surface area contributed by atoms with E-state index in [4.69, 9.17) is 16.9 Å². The van der Waals surface area contributed by atoms with Gasteiger partial charge in [0.2, 0.25) is 0 Å². The van der Waals surface area contributed by atoms with Crippen LogP contribution in [0, 0.1) is 18.3 Å². The minimum atomic E-state index is -1.14. The zero-order valence-corrected chi connectivity index (χ0v) is 10.3. The van der Waals surface area contributed by atoms with Crippen LogP contribution in [-0.2, 0) is 0 Å². The molecule has 0 radical (unpaired) electrons. The molecule has 4 nitrogen and oxygen atoms in total. The fourth-order valence-corrected chi connectivity index (χ4v) is 1.97. The van der Waals surface area contributed by atoms with E-state index in [9.17, 15) is 9.90 Å². The number of carbonyl (C=O) groups is 1. The average Bonchev–Trinajstić information content (AvgIpc) is 2.76. The predicted molar refractivity (Wildman–Crippen MR) is 67.2 cm³/mol. The van der Waals surface area contributed by atoms with Gasteiger partial charge < -0.3 is 9.67 Å². The van der Waals surface area contributed by atoms with Crippen molar-refractivity contribution in [1.29, 1.82) is 5.26 Å². The second-order valence-corrected chi connectivity index (χ2v) is 4.16. The van der Waals surface area contributed by atoms with E-state index in [0.29, 0.717) is 10.7 Å². The van der Waals surface area contributed by atoms with Crippen molar-refractivity contribution in [1.82, 2.24) is 4.57 Å². The molecule has 1 aromatic carbocycles. The zero-order valence-electron chi connectivity index (χ0n) is 9.51. The summed E-state index contributed by atoms with van der Waals surface area (Å²) in [5, 5.41) is 18.6. The minimum Gasteiger partial charge on any atom is -0.477 e. The van der Waals surface area contributed by atoms with Gasteiger partial charge in [-0.1, -0.05) is 17.7 Å². The number of benzene rings is 1. The van der Waals surface area contributed by atoms with Crippen molar-refractivity contribution in [2.24, 2.45) is 0 Å². The number of hydrogen-bond donors (Lipinski definition) is 1. The first-order valence-electron chi connectivity index (χ1n) is 5.16. The Kier molecular flexibility index (Phi) is 3.09. The summed E-state index contributed by atoms with van der Waals surface area (Å²) in [6, 6.07) is 8.57. The van der Waals surface area contributed by atoms with E-state index in [0.717, 1.165) is 5.56 Å². The van der Waals surface area contributed by atoms with Gasteiger partial charge in [0.1, 0.15) is 11.8 Å². The molecule has 0 amide bonds. The van der Waals surface area contributed by atoms with Crippen LogP contribution in [0.15, 0.2) is 30.5 Å². The molecule has 90 valence electrons. The van der Waals surface area contributed by atoms with Crippen molar-refractivity contribution in [3.63, 3.8) is 0 Å². The molecule has 0 saturated heterocycles. The fraction of sp³-hybridized carbons (Fsp3) is 0.0769. The van der Waals surface area contributed by atoms with E-state index >= 15 is 0 Å². The Morgan fingerprint density at radius 3 is 2.78 bits per heavy atom. The van der Waals surface area contributed by atoms with Crippen molar-refractivity contribution in [3.05, 3.63) is 52.3 Å². The van der Waals surface area contributed by atoms with Crippen LogP contribution in [0.5, 0.6) is 0 Å². The Morgan fingerprint density at radius 1 is 1.44 bits per heavy atom. The van der Waals surface area contributed by atoms with Crippen LogP contribution in [0.1, 0.15) is 21.6 Å². The monoisotopic (exact) mass is 260 g/mol. The van der Waals surface area contributed by atoms with Crippen LogP contribution >= 0.6 is 11.6 Å². The van der Waals surface area contributed by atoms with E-state index in [-0.39, 0.29) is 11.3 Å². The summed E-state index contributed by atoms with van der Waals surface area (Å²) in [5.74, 6) is -1.14. The van der Waals surface area contributed by atoms with Gasteiger partial charge in [0.25, 0.3) is 0 Å². The lowest BCUT2D eigenvalue weighted by Gasteiger charge is -2.10. The second kappa shape index (κ2) is 4.55. The molecule has 1 heterocycles. The molecular formula is C13H9ClN2O2. The van der Waals surface area contributed by atoms with Gasteiger partial charge >= 0.3 is 5.97 Å². The highest BCUT2D eigenvalue weighted by molar-refractivity contribution is 6.31. The second-order valence-electron chi connectivity index (χ2n) is 3.75. The number of rotatable bonds is 2. The van der Waals surface area contributed by atoms with Crippen LogP contribution in [0.25, 0.3) is 5.69 Å². The largest absolute Gasteiger partial charge is 0.477 e. The van der Waals surface area contributed by atoms with Gasteiger partial charge in [0, 0.05) is 11.2 Å². The third-order valence-electron chi connectivity index (χ3n) is 2.71. The molecule has 5 heteroatoms.